The van der Waals surface area contributed by atoms with E-state index in [1.807, 2.05) is 0 Å². The van der Waals surface area contributed by atoms with Crippen molar-refractivity contribution in [3.8, 4) is 0 Å². The van der Waals surface area contributed by atoms with Crippen LogP contribution < -0.4 is 5.63 Å². The molecule has 1 aromatic rings. The Labute approximate surface area is 93.2 Å². The molecule has 0 N–H and O–H groups in total. The average Bonchev–Trinajstić information content (AvgIpc) is 2.28. The Morgan fingerprint density at radius 1 is 1.44 bits per heavy atom. The first kappa shape index (κ1) is 10.9. The molecule has 0 saturated heterocycles. The van der Waals surface area contributed by atoms with Gasteiger partial charge in [-0.3, -0.25) is 0 Å². The van der Waals surface area contributed by atoms with Crippen molar-refractivity contribution < 1.29 is 13.9 Å². The predicted molar refractivity (Wildman–Crippen MR) is 57.6 cm³/mol. The average molecular weight is 222 g/mol. The third-order valence-corrected chi connectivity index (χ3v) is 2.71. The van der Waals surface area contributed by atoms with E-state index in [-0.39, 0.29) is 12.2 Å². The number of esters is 1. The summed E-state index contributed by atoms with van der Waals surface area (Å²) in [5, 5.41) is 0. The molecule has 1 aliphatic carbocycles. The van der Waals surface area contributed by atoms with Crippen LogP contribution in [0.25, 0.3) is 0 Å². The minimum Gasteiger partial charge on any atom is -0.462 e. The lowest BCUT2D eigenvalue weighted by atomic mass is 9.96. The van der Waals surface area contributed by atoms with E-state index in [0.29, 0.717) is 0 Å². The van der Waals surface area contributed by atoms with Crippen molar-refractivity contribution in [2.45, 2.75) is 32.6 Å². The maximum Gasteiger partial charge on any atom is 0.350 e. The molecule has 0 aliphatic heterocycles. The Hall–Kier alpha value is -1.58. The van der Waals surface area contributed by atoms with Crippen molar-refractivity contribution in [1.82, 2.24) is 0 Å². The smallest absolute Gasteiger partial charge is 0.350 e. The number of aryl methyl sites for hydroxylation is 2. The number of carbonyl (C=O) groups is 1. The number of carbonyl (C=O) groups excluding carboxylic acids is 1. The molecule has 0 unspecified atom stereocenters. The van der Waals surface area contributed by atoms with Crippen LogP contribution in [0.2, 0.25) is 0 Å². The molecule has 1 aromatic heterocycles. The Morgan fingerprint density at radius 2 is 2.19 bits per heavy atom. The molecule has 4 nitrogen and oxygen atoms in total. The van der Waals surface area contributed by atoms with Gasteiger partial charge in [0.05, 0.1) is 6.61 Å². The summed E-state index contributed by atoms with van der Waals surface area (Å²) in [6.45, 7) is 1.97. The second-order valence-electron chi connectivity index (χ2n) is 3.82. The molecular formula is C12H14O4. The van der Waals surface area contributed by atoms with Gasteiger partial charge in [0.1, 0.15) is 11.3 Å². The fraction of sp³-hybridized carbons (Fsp3) is 0.500. The molecule has 16 heavy (non-hydrogen) atoms. The highest BCUT2D eigenvalue weighted by atomic mass is 16.5. The molecular weight excluding hydrogens is 208 g/mol. The third-order valence-electron chi connectivity index (χ3n) is 2.71. The quantitative estimate of drug-likeness (QED) is 0.714. The molecule has 86 valence electrons. The van der Waals surface area contributed by atoms with Crippen LogP contribution in [0.5, 0.6) is 0 Å². The number of hydrogen-bond acceptors (Lipinski definition) is 4. The molecule has 0 radical (unpaired) electrons. The normalized spacial score (nSPS) is 14.3. The Morgan fingerprint density at radius 3 is 2.94 bits per heavy atom. The summed E-state index contributed by atoms with van der Waals surface area (Å²) in [7, 11) is 0. The fourth-order valence-electron chi connectivity index (χ4n) is 1.92. The van der Waals surface area contributed by atoms with Crippen LogP contribution in [0.15, 0.2) is 15.3 Å². The second-order valence-corrected chi connectivity index (χ2v) is 3.82. The van der Waals surface area contributed by atoms with Crippen molar-refractivity contribution in [1.29, 1.82) is 0 Å². The highest BCUT2D eigenvalue weighted by molar-refractivity contribution is 5.89. The molecule has 4 heteroatoms. The molecule has 1 aliphatic rings. The molecule has 1 heterocycles. The number of ether oxygens (including phenoxy) is 1. The van der Waals surface area contributed by atoms with Crippen LogP contribution >= 0.6 is 0 Å². The number of rotatable bonds is 2. The highest BCUT2D eigenvalue weighted by Crippen LogP contribution is 2.20. The largest absolute Gasteiger partial charge is 0.462 e. The Balaban J connectivity index is 2.39. The van der Waals surface area contributed by atoms with E-state index in [9.17, 15) is 9.59 Å². The molecule has 0 fully saturated rings. The summed E-state index contributed by atoms with van der Waals surface area (Å²) in [5.41, 5.74) is 0.399. The van der Waals surface area contributed by atoms with Crippen molar-refractivity contribution in [3.63, 3.8) is 0 Å². The predicted octanol–water partition coefficient (Wildman–Crippen LogP) is 1.70. The first-order valence-corrected chi connectivity index (χ1v) is 5.55. The fourth-order valence-corrected chi connectivity index (χ4v) is 1.92. The zero-order valence-corrected chi connectivity index (χ0v) is 9.25. The van der Waals surface area contributed by atoms with Crippen LogP contribution in [0.4, 0.5) is 0 Å². The van der Waals surface area contributed by atoms with Crippen molar-refractivity contribution in [3.05, 3.63) is 33.4 Å². The van der Waals surface area contributed by atoms with Gasteiger partial charge >= 0.3 is 11.6 Å². The molecule has 0 bridgehead atoms. The molecule has 0 atom stereocenters. The van der Waals surface area contributed by atoms with Gasteiger partial charge in [0.25, 0.3) is 0 Å². The zero-order valence-electron chi connectivity index (χ0n) is 9.25. The van der Waals surface area contributed by atoms with Crippen LogP contribution in [0.3, 0.4) is 0 Å². The Kier molecular flexibility index (Phi) is 3.08. The van der Waals surface area contributed by atoms with Gasteiger partial charge in [-0.2, -0.15) is 0 Å². The van der Waals surface area contributed by atoms with Crippen LogP contribution in [0.1, 0.15) is 41.4 Å². The van der Waals surface area contributed by atoms with Crippen molar-refractivity contribution in [2.24, 2.45) is 0 Å². The lowest BCUT2D eigenvalue weighted by Crippen LogP contribution is -2.19. The summed E-state index contributed by atoms with van der Waals surface area (Å²) in [5.74, 6) is 0.133. The molecule has 0 saturated carbocycles. The van der Waals surface area contributed by atoms with Gasteiger partial charge in [-0.1, -0.05) is 0 Å². The molecule has 2 rings (SSSR count). The standard InChI is InChI=1S/C12H14O4/c1-2-15-11(13)9-7-8-5-3-4-6-10(8)16-12(9)14/h7H,2-6H2,1H3. The van der Waals surface area contributed by atoms with E-state index in [1.165, 1.54) is 0 Å². The third kappa shape index (κ3) is 2.01. The summed E-state index contributed by atoms with van der Waals surface area (Å²) in [6.07, 6.45) is 3.76. The van der Waals surface area contributed by atoms with E-state index < -0.39 is 11.6 Å². The van der Waals surface area contributed by atoms with Gasteiger partial charge < -0.3 is 9.15 Å². The number of fused-ring (bicyclic) bond motifs is 1. The zero-order chi connectivity index (χ0) is 11.5. The van der Waals surface area contributed by atoms with Crippen molar-refractivity contribution >= 4 is 5.97 Å². The minimum absolute atomic E-state index is 0.0162. The monoisotopic (exact) mass is 222 g/mol. The molecule has 0 aromatic carbocycles. The Bertz CT molecular complexity index is 459. The van der Waals surface area contributed by atoms with Gasteiger partial charge in [0, 0.05) is 6.42 Å². The van der Waals surface area contributed by atoms with Gasteiger partial charge in [0.15, 0.2) is 0 Å². The van der Waals surface area contributed by atoms with Crippen LogP contribution in [0, 0.1) is 0 Å². The summed E-state index contributed by atoms with van der Waals surface area (Å²) >= 11 is 0. The van der Waals surface area contributed by atoms with Crippen LogP contribution in [-0.4, -0.2) is 12.6 Å². The summed E-state index contributed by atoms with van der Waals surface area (Å²) in [6, 6.07) is 1.62. The second kappa shape index (κ2) is 4.51. The summed E-state index contributed by atoms with van der Waals surface area (Å²) < 4.78 is 9.94. The van der Waals surface area contributed by atoms with Gasteiger partial charge in [-0.25, -0.2) is 9.59 Å². The van der Waals surface area contributed by atoms with Gasteiger partial charge in [-0.05, 0) is 37.8 Å². The van der Waals surface area contributed by atoms with Crippen LogP contribution in [-0.2, 0) is 17.6 Å². The SMILES string of the molecule is CCOC(=O)c1cc2c(oc1=O)CCCC2. The minimum atomic E-state index is -0.593. The molecule has 0 spiro atoms. The first-order chi connectivity index (χ1) is 7.72. The van der Waals surface area contributed by atoms with E-state index in [2.05, 4.69) is 0 Å². The topological polar surface area (TPSA) is 56.5 Å². The van der Waals surface area contributed by atoms with E-state index in [0.717, 1.165) is 37.0 Å². The first-order valence-electron chi connectivity index (χ1n) is 5.55. The lowest BCUT2D eigenvalue weighted by molar-refractivity contribution is 0.0520. The van der Waals surface area contributed by atoms with Gasteiger partial charge in [0.2, 0.25) is 0 Å². The summed E-state index contributed by atoms with van der Waals surface area (Å²) in [4.78, 5) is 23.0. The number of hydrogen-bond donors (Lipinski definition) is 0. The lowest BCUT2D eigenvalue weighted by Gasteiger charge is -2.13. The highest BCUT2D eigenvalue weighted by Gasteiger charge is 2.19. The maximum atomic E-state index is 11.5. The molecule has 0 amide bonds. The van der Waals surface area contributed by atoms with Crippen molar-refractivity contribution in [2.75, 3.05) is 6.61 Å². The van der Waals surface area contributed by atoms with E-state index >= 15 is 0 Å². The van der Waals surface area contributed by atoms with E-state index in [4.69, 9.17) is 9.15 Å². The maximum absolute atomic E-state index is 11.5. The van der Waals surface area contributed by atoms with Gasteiger partial charge in [-0.15, -0.1) is 0 Å². The van der Waals surface area contributed by atoms with E-state index in [1.54, 1.807) is 13.0 Å².